The molecule has 0 bridgehead atoms. The predicted octanol–water partition coefficient (Wildman–Crippen LogP) is -2.23. The molecule has 1 aliphatic heterocycles. The van der Waals surface area contributed by atoms with Crippen molar-refractivity contribution in [2.45, 2.75) is 13.8 Å². The van der Waals surface area contributed by atoms with Crippen molar-refractivity contribution in [1.82, 2.24) is 0 Å². The van der Waals surface area contributed by atoms with Crippen LogP contribution in [0, 0.1) is 0 Å². The van der Waals surface area contributed by atoms with E-state index < -0.39 is 11.8 Å². The smallest absolute Gasteiger partial charge is 0.588 e. The Hall–Kier alpha value is 0.516. The fourth-order valence-corrected chi connectivity index (χ4v) is 0.581. The maximum Gasteiger partial charge on any atom is 1.00 e. The summed E-state index contributed by atoms with van der Waals surface area (Å²) in [5, 5.41) is 3.20. The molecule has 0 aromatic heterocycles. The minimum atomic E-state index is -0.391. The number of rotatable bonds is 0. The Morgan fingerprint density at radius 1 is 1.00 bits per heavy atom. The van der Waals surface area contributed by atoms with Gasteiger partial charge in [-0.3, -0.25) is 0 Å². The first-order valence-electron chi connectivity index (χ1n) is 2.61. The van der Waals surface area contributed by atoms with E-state index in [1.807, 2.05) is 0 Å². The number of carbonyl (C=O) groups is 2. The zero-order valence-corrected chi connectivity index (χ0v) is 9.39. The van der Waals surface area contributed by atoms with Gasteiger partial charge >= 0.3 is 51.4 Å². The van der Waals surface area contributed by atoms with Crippen LogP contribution in [0.5, 0.6) is 0 Å². The molecule has 3 nitrogen and oxygen atoms in total. The fourth-order valence-electron chi connectivity index (χ4n) is 0.581. The van der Waals surface area contributed by atoms with Crippen LogP contribution in [0.1, 0.15) is 13.8 Å². The van der Waals surface area contributed by atoms with Gasteiger partial charge in [0.15, 0.2) is 0 Å². The van der Waals surface area contributed by atoms with Crippen molar-refractivity contribution in [3.8, 4) is 0 Å². The number of hydrogen-bond acceptors (Lipinski definition) is 2. The Bertz CT molecular complexity index is 198. The van der Waals surface area contributed by atoms with E-state index in [0.717, 1.165) is 0 Å². The second-order valence-corrected chi connectivity index (χ2v) is 1.97. The number of hydrogen-bond donors (Lipinski definition) is 0. The molecule has 0 N–H and O–H groups in total. The molecule has 1 rings (SSSR count). The van der Waals surface area contributed by atoms with Crippen LogP contribution in [0.25, 0.3) is 5.32 Å². The van der Waals surface area contributed by atoms with Crippen molar-refractivity contribution < 1.29 is 61.0 Å². The van der Waals surface area contributed by atoms with Crippen molar-refractivity contribution in [2.24, 2.45) is 0 Å². The average Bonchev–Trinajstić information content (AvgIpc) is 1.98. The molecule has 0 aromatic rings. The van der Waals surface area contributed by atoms with E-state index >= 15 is 0 Å². The molecule has 0 saturated carbocycles. The van der Waals surface area contributed by atoms with Gasteiger partial charge in [-0.15, -0.1) is 0 Å². The molecule has 0 unspecified atom stereocenters. The molecule has 0 fully saturated rings. The van der Waals surface area contributed by atoms with Crippen LogP contribution in [0.15, 0.2) is 11.1 Å². The average molecular weight is 163 g/mol. The van der Waals surface area contributed by atoms with Crippen molar-refractivity contribution in [1.29, 1.82) is 0 Å². The maximum atomic E-state index is 10.5. The van der Waals surface area contributed by atoms with Crippen LogP contribution in [-0.4, -0.2) is 11.8 Å². The molecule has 0 atom stereocenters. The topological polar surface area (TPSA) is 48.2 Å². The van der Waals surface area contributed by atoms with Crippen LogP contribution in [0.4, 0.5) is 0 Å². The number of imide groups is 1. The summed E-state index contributed by atoms with van der Waals surface area (Å²) in [4.78, 5) is 21.1. The summed E-state index contributed by atoms with van der Waals surface area (Å²) in [6.45, 7) is 3.21. The van der Waals surface area contributed by atoms with E-state index in [4.69, 9.17) is 0 Å². The first-order valence-corrected chi connectivity index (χ1v) is 2.61. The summed E-state index contributed by atoms with van der Waals surface area (Å²) in [7, 11) is 0. The van der Waals surface area contributed by atoms with E-state index in [1.165, 1.54) is 0 Å². The van der Waals surface area contributed by atoms with Crippen LogP contribution < -0.4 is 51.4 Å². The SMILES string of the molecule is CC1=C(C)C(=O)[N-]C1=O.[K+]. The summed E-state index contributed by atoms with van der Waals surface area (Å²) in [6, 6.07) is 0. The third-order valence-corrected chi connectivity index (χ3v) is 1.41. The molecule has 1 heterocycles. The summed E-state index contributed by atoms with van der Waals surface area (Å²) in [5.74, 6) is -0.782. The Balaban J connectivity index is 0.000000810. The molecule has 48 valence electrons. The summed E-state index contributed by atoms with van der Waals surface area (Å²) >= 11 is 0. The van der Waals surface area contributed by atoms with Gasteiger partial charge in [-0.2, -0.15) is 0 Å². The molecule has 2 amide bonds. The van der Waals surface area contributed by atoms with Gasteiger partial charge in [-0.1, -0.05) is 0 Å². The molecule has 0 aromatic carbocycles. The van der Waals surface area contributed by atoms with E-state index in [2.05, 4.69) is 5.32 Å². The van der Waals surface area contributed by atoms with Crippen LogP contribution in [0.2, 0.25) is 0 Å². The second-order valence-electron chi connectivity index (χ2n) is 1.97. The normalized spacial score (nSPS) is 17.0. The Kier molecular flexibility index (Phi) is 3.97. The van der Waals surface area contributed by atoms with E-state index in [9.17, 15) is 9.59 Å². The van der Waals surface area contributed by atoms with E-state index in [-0.39, 0.29) is 51.4 Å². The monoisotopic (exact) mass is 163 g/mol. The summed E-state index contributed by atoms with van der Waals surface area (Å²) < 4.78 is 0. The van der Waals surface area contributed by atoms with E-state index in [1.54, 1.807) is 13.8 Å². The van der Waals surface area contributed by atoms with Gasteiger partial charge in [0.05, 0.1) is 11.8 Å². The quantitative estimate of drug-likeness (QED) is 0.300. The van der Waals surface area contributed by atoms with Gasteiger partial charge in [-0.25, -0.2) is 0 Å². The van der Waals surface area contributed by atoms with Crippen molar-refractivity contribution in [2.75, 3.05) is 0 Å². The number of carbonyl (C=O) groups excluding carboxylic acids is 2. The first kappa shape index (κ1) is 10.5. The van der Waals surface area contributed by atoms with Crippen molar-refractivity contribution >= 4 is 11.8 Å². The zero-order chi connectivity index (χ0) is 7.02. The van der Waals surface area contributed by atoms with Gasteiger partial charge in [0, 0.05) is 0 Å². The molecule has 10 heavy (non-hydrogen) atoms. The zero-order valence-electron chi connectivity index (χ0n) is 6.26. The largest absolute Gasteiger partial charge is 1.00 e. The number of nitrogens with zero attached hydrogens (tertiary/aromatic N) is 1. The Morgan fingerprint density at radius 2 is 1.30 bits per heavy atom. The third-order valence-electron chi connectivity index (χ3n) is 1.41. The van der Waals surface area contributed by atoms with E-state index in [0.29, 0.717) is 11.1 Å². The van der Waals surface area contributed by atoms with Crippen molar-refractivity contribution in [3.63, 3.8) is 0 Å². The minimum absolute atomic E-state index is 0. The van der Waals surface area contributed by atoms with Crippen LogP contribution in [-0.2, 0) is 9.59 Å². The third kappa shape index (κ3) is 1.76. The van der Waals surface area contributed by atoms with Crippen LogP contribution >= 0.6 is 0 Å². The molecule has 1 aliphatic rings. The van der Waals surface area contributed by atoms with Gasteiger partial charge in [-0.05, 0) is 25.0 Å². The Morgan fingerprint density at radius 3 is 1.40 bits per heavy atom. The predicted molar refractivity (Wildman–Crippen MR) is 31.7 cm³/mol. The fraction of sp³-hybridized carbons (Fsp3) is 0.333. The molecule has 0 saturated heterocycles. The summed E-state index contributed by atoms with van der Waals surface area (Å²) in [6.07, 6.45) is 0. The molecule has 0 spiro atoms. The van der Waals surface area contributed by atoms with Gasteiger partial charge < -0.3 is 14.9 Å². The van der Waals surface area contributed by atoms with Gasteiger partial charge in [0.25, 0.3) is 0 Å². The van der Waals surface area contributed by atoms with Crippen LogP contribution in [0.3, 0.4) is 0 Å². The summed E-state index contributed by atoms with van der Waals surface area (Å²) in [5.41, 5.74) is 0.944. The molecular formula is C6H6KNO2. The standard InChI is InChI=1S/C6H7NO2.K/c1-3-4(2)6(9)7-5(3)8;/h1-2H3,(H,7,8,9);/q;+1/p-1. The van der Waals surface area contributed by atoms with Gasteiger partial charge in [0.2, 0.25) is 0 Å². The molecule has 0 radical (unpaired) electrons. The second kappa shape index (κ2) is 3.78. The minimum Gasteiger partial charge on any atom is -0.588 e. The molecule has 4 heteroatoms. The van der Waals surface area contributed by atoms with Crippen molar-refractivity contribution in [3.05, 3.63) is 16.5 Å². The first-order chi connectivity index (χ1) is 4.13. The Labute approximate surface area is 102 Å². The molecular weight excluding hydrogens is 157 g/mol. The van der Waals surface area contributed by atoms with Gasteiger partial charge in [0.1, 0.15) is 0 Å². The maximum absolute atomic E-state index is 10.5. The number of amides is 2. The molecule has 0 aliphatic carbocycles.